The van der Waals surface area contributed by atoms with Crippen molar-refractivity contribution in [1.29, 1.82) is 0 Å². The Morgan fingerprint density at radius 1 is 1.45 bits per heavy atom. The summed E-state index contributed by atoms with van der Waals surface area (Å²) in [4.78, 5) is 1.98. The molecule has 0 aromatic heterocycles. The maximum atomic E-state index is 8.59. The van der Waals surface area contributed by atoms with E-state index < -0.39 is 0 Å². The smallest absolute Gasteiger partial charge is 0.170 e. The first-order valence-electron chi connectivity index (χ1n) is 3.85. The van der Waals surface area contributed by atoms with Gasteiger partial charge < -0.3 is 14.6 Å². The van der Waals surface area contributed by atoms with E-state index in [2.05, 4.69) is 0 Å². The van der Waals surface area contributed by atoms with Crippen LogP contribution >= 0.6 is 0 Å². The molecule has 1 N–H and O–H groups in total. The molecule has 4 nitrogen and oxygen atoms in total. The van der Waals surface area contributed by atoms with Crippen LogP contribution in [0.1, 0.15) is 0 Å². The molecule has 0 aliphatic carbocycles. The normalized spacial score (nSPS) is 19.9. The molecule has 0 aromatic rings. The Hall–Kier alpha value is -0.160. The second kappa shape index (κ2) is 4.66. The van der Waals surface area contributed by atoms with Crippen LogP contribution < -0.4 is 0 Å². The van der Waals surface area contributed by atoms with Gasteiger partial charge in [-0.05, 0) is 7.05 Å². The number of hydrogen-bond acceptors (Lipinski definition) is 4. The Morgan fingerprint density at radius 3 is 2.64 bits per heavy atom. The predicted molar refractivity (Wildman–Crippen MR) is 40.3 cm³/mol. The van der Waals surface area contributed by atoms with Crippen molar-refractivity contribution in [2.45, 2.75) is 6.29 Å². The number of rotatable bonds is 4. The molecule has 0 spiro atoms. The molecule has 0 unspecified atom stereocenters. The van der Waals surface area contributed by atoms with Gasteiger partial charge in [0.25, 0.3) is 0 Å². The van der Waals surface area contributed by atoms with E-state index in [4.69, 9.17) is 14.6 Å². The minimum atomic E-state index is -0.0912. The van der Waals surface area contributed by atoms with Gasteiger partial charge in [0.2, 0.25) is 0 Å². The summed E-state index contributed by atoms with van der Waals surface area (Å²) in [6.07, 6.45) is -0.0912. The lowest BCUT2D eigenvalue weighted by Gasteiger charge is -2.18. The highest BCUT2D eigenvalue weighted by atomic mass is 16.7. The van der Waals surface area contributed by atoms with Crippen molar-refractivity contribution in [3.05, 3.63) is 0 Å². The zero-order chi connectivity index (χ0) is 8.10. The van der Waals surface area contributed by atoms with E-state index in [9.17, 15) is 0 Å². The average molecular weight is 161 g/mol. The largest absolute Gasteiger partial charge is 0.395 e. The molecule has 0 bridgehead atoms. The molecule has 1 rings (SSSR count). The Morgan fingerprint density at radius 2 is 2.09 bits per heavy atom. The van der Waals surface area contributed by atoms with Gasteiger partial charge in [0, 0.05) is 13.1 Å². The van der Waals surface area contributed by atoms with Gasteiger partial charge in [-0.25, -0.2) is 0 Å². The van der Waals surface area contributed by atoms with Gasteiger partial charge in [0.15, 0.2) is 6.29 Å². The molecule has 0 saturated carbocycles. The van der Waals surface area contributed by atoms with Crippen LogP contribution in [0.25, 0.3) is 0 Å². The second-order valence-electron chi connectivity index (χ2n) is 2.66. The van der Waals surface area contributed by atoms with Gasteiger partial charge in [-0.3, -0.25) is 4.90 Å². The Bertz CT molecular complexity index is 104. The SMILES string of the molecule is CN(CCO)CC1OCCO1. The fourth-order valence-corrected chi connectivity index (χ4v) is 1.03. The lowest BCUT2D eigenvalue weighted by molar-refractivity contribution is -0.0593. The summed E-state index contributed by atoms with van der Waals surface area (Å²) in [7, 11) is 1.93. The highest BCUT2D eigenvalue weighted by molar-refractivity contribution is 4.57. The summed E-state index contributed by atoms with van der Waals surface area (Å²) in [6.45, 7) is 2.97. The number of nitrogens with zero attached hydrogens (tertiary/aromatic N) is 1. The molecule has 66 valence electrons. The number of aliphatic hydroxyl groups excluding tert-OH is 1. The molecule has 1 heterocycles. The Labute approximate surface area is 66.7 Å². The molecule has 0 aromatic carbocycles. The minimum Gasteiger partial charge on any atom is -0.395 e. The summed E-state index contributed by atoms with van der Waals surface area (Å²) in [5.74, 6) is 0. The highest BCUT2D eigenvalue weighted by Gasteiger charge is 2.16. The molecular weight excluding hydrogens is 146 g/mol. The van der Waals surface area contributed by atoms with E-state index in [1.807, 2.05) is 11.9 Å². The monoisotopic (exact) mass is 161 g/mol. The summed E-state index contributed by atoms with van der Waals surface area (Å²) in [5, 5.41) is 8.59. The standard InChI is InChI=1S/C7H15NO3/c1-8(2-3-9)6-7-10-4-5-11-7/h7,9H,2-6H2,1H3. The van der Waals surface area contributed by atoms with Crippen LogP contribution in [0.3, 0.4) is 0 Å². The van der Waals surface area contributed by atoms with Gasteiger partial charge in [-0.1, -0.05) is 0 Å². The number of hydrogen-bond donors (Lipinski definition) is 1. The van der Waals surface area contributed by atoms with Crippen molar-refractivity contribution in [1.82, 2.24) is 4.90 Å². The molecular formula is C7H15NO3. The molecule has 0 atom stereocenters. The summed E-state index contributed by atoms with van der Waals surface area (Å²) in [6, 6.07) is 0. The topological polar surface area (TPSA) is 41.9 Å². The van der Waals surface area contributed by atoms with Gasteiger partial charge in [0.1, 0.15) is 0 Å². The third-order valence-electron chi connectivity index (χ3n) is 1.63. The van der Waals surface area contributed by atoms with Gasteiger partial charge in [-0.15, -0.1) is 0 Å². The Kier molecular flexibility index (Phi) is 3.79. The lowest BCUT2D eigenvalue weighted by Crippen LogP contribution is -2.31. The highest BCUT2D eigenvalue weighted by Crippen LogP contribution is 2.04. The van der Waals surface area contributed by atoms with Crippen molar-refractivity contribution in [2.24, 2.45) is 0 Å². The molecule has 0 amide bonds. The van der Waals surface area contributed by atoms with E-state index in [-0.39, 0.29) is 12.9 Å². The maximum Gasteiger partial charge on any atom is 0.170 e. The first-order chi connectivity index (χ1) is 5.33. The maximum absolute atomic E-state index is 8.59. The minimum absolute atomic E-state index is 0.0912. The third kappa shape index (κ3) is 3.16. The number of ether oxygens (including phenoxy) is 2. The summed E-state index contributed by atoms with van der Waals surface area (Å²) in [5.41, 5.74) is 0. The summed E-state index contributed by atoms with van der Waals surface area (Å²) < 4.78 is 10.4. The number of aliphatic hydroxyl groups is 1. The first kappa shape index (κ1) is 8.93. The third-order valence-corrected chi connectivity index (χ3v) is 1.63. The van der Waals surface area contributed by atoms with Crippen LogP contribution in [0.15, 0.2) is 0 Å². The predicted octanol–water partition coefficient (Wildman–Crippen LogP) is -0.717. The van der Waals surface area contributed by atoms with Crippen molar-refractivity contribution in [3.8, 4) is 0 Å². The van der Waals surface area contributed by atoms with Crippen molar-refractivity contribution < 1.29 is 14.6 Å². The van der Waals surface area contributed by atoms with Crippen LogP contribution in [0, 0.1) is 0 Å². The van der Waals surface area contributed by atoms with E-state index in [0.29, 0.717) is 19.8 Å². The molecule has 11 heavy (non-hydrogen) atoms. The molecule has 1 aliphatic rings. The fourth-order valence-electron chi connectivity index (χ4n) is 1.03. The number of likely N-dealkylation sites (N-methyl/N-ethyl adjacent to an activating group) is 1. The van der Waals surface area contributed by atoms with Crippen LogP contribution in [-0.2, 0) is 9.47 Å². The zero-order valence-corrected chi connectivity index (χ0v) is 6.82. The molecule has 1 aliphatic heterocycles. The van der Waals surface area contributed by atoms with Crippen molar-refractivity contribution in [3.63, 3.8) is 0 Å². The van der Waals surface area contributed by atoms with E-state index >= 15 is 0 Å². The van der Waals surface area contributed by atoms with Crippen LogP contribution in [-0.4, -0.2) is 56.3 Å². The molecule has 1 saturated heterocycles. The van der Waals surface area contributed by atoms with Gasteiger partial charge in [0.05, 0.1) is 19.8 Å². The molecule has 1 fully saturated rings. The molecule has 4 heteroatoms. The van der Waals surface area contributed by atoms with Crippen molar-refractivity contribution >= 4 is 0 Å². The van der Waals surface area contributed by atoms with E-state index in [0.717, 1.165) is 6.54 Å². The van der Waals surface area contributed by atoms with Gasteiger partial charge in [-0.2, -0.15) is 0 Å². The van der Waals surface area contributed by atoms with Crippen LogP contribution in [0.5, 0.6) is 0 Å². The zero-order valence-electron chi connectivity index (χ0n) is 6.82. The second-order valence-corrected chi connectivity index (χ2v) is 2.66. The summed E-state index contributed by atoms with van der Waals surface area (Å²) >= 11 is 0. The first-order valence-corrected chi connectivity index (χ1v) is 3.85. The van der Waals surface area contributed by atoms with Crippen LogP contribution in [0.2, 0.25) is 0 Å². The lowest BCUT2D eigenvalue weighted by atomic mass is 10.5. The quantitative estimate of drug-likeness (QED) is 0.591. The van der Waals surface area contributed by atoms with E-state index in [1.165, 1.54) is 0 Å². The van der Waals surface area contributed by atoms with Crippen LogP contribution in [0.4, 0.5) is 0 Å². The molecule has 0 radical (unpaired) electrons. The van der Waals surface area contributed by atoms with Gasteiger partial charge >= 0.3 is 0 Å². The Balaban J connectivity index is 2.08. The van der Waals surface area contributed by atoms with Crippen molar-refractivity contribution in [2.75, 3.05) is 40.0 Å². The average Bonchev–Trinajstić information content (AvgIpc) is 2.40. The fraction of sp³-hybridized carbons (Fsp3) is 1.00. The van der Waals surface area contributed by atoms with E-state index in [1.54, 1.807) is 0 Å².